The first-order valence-electron chi connectivity index (χ1n) is 4.26. The van der Waals surface area contributed by atoms with Gasteiger partial charge in [-0.2, -0.15) is 13.2 Å². The van der Waals surface area contributed by atoms with Gasteiger partial charge in [0.15, 0.2) is 0 Å². The SMILES string of the molecule is CCNCc1cnccc1C(F)(F)F. The van der Waals surface area contributed by atoms with Crippen LogP contribution in [0.2, 0.25) is 0 Å². The predicted molar refractivity (Wildman–Crippen MR) is 46.6 cm³/mol. The third-order valence-electron chi connectivity index (χ3n) is 1.77. The molecule has 14 heavy (non-hydrogen) atoms. The molecule has 1 rings (SSSR count). The fourth-order valence-electron chi connectivity index (χ4n) is 1.10. The lowest BCUT2D eigenvalue weighted by Gasteiger charge is -2.11. The first kappa shape index (κ1) is 11.0. The molecule has 0 unspecified atom stereocenters. The Labute approximate surface area is 80.2 Å². The van der Waals surface area contributed by atoms with Crippen molar-refractivity contribution in [1.82, 2.24) is 10.3 Å². The molecule has 5 heteroatoms. The molecule has 0 fully saturated rings. The molecule has 2 nitrogen and oxygen atoms in total. The normalized spacial score (nSPS) is 11.7. The van der Waals surface area contributed by atoms with E-state index in [1.807, 2.05) is 6.92 Å². The van der Waals surface area contributed by atoms with Crippen molar-refractivity contribution in [3.05, 3.63) is 29.6 Å². The van der Waals surface area contributed by atoms with Crippen molar-refractivity contribution in [2.75, 3.05) is 6.54 Å². The first-order valence-corrected chi connectivity index (χ1v) is 4.26. The van der Waals surface area contributed by atoms with Crippen LogP contribution in [0, 0.1) is 0 Å². The first-order chi connectivity index (χ1) is 6.55. The van der Waals surface area contributed by atoms with Gasteiger partial charge < -0.3 is 5.32 Å². The van der Waals surface area contributed by atoms with E-state index in [0.717, 1.165) is 12.3 Å². The van der Waals surface area contributed by atoms with Gasteiger partial charge in [-0.1, -0.05) is 6.92 Å². The summed E-state index contributed by atoms with van der Waals surface area (Å²) in [4.78, 5) is 3.67. The molecular formula is C9H11F3N2. The Hall–Kier alpha value is -1.10. The number of rotatable bonds is 3. The summed E-state index contributed by atoms with van der Waals surface area (Å²) in [5.74, 6) is 0. The summed E-state index contributed by atoms with van der Waals surface area (Å²) in [6, 6.07) is 0.993. The van der Waals surface area contributed by atoms with Gasteiger partial charge >= 0.3 is 6.18 Å². The molecule has 0 amide bonds. The average molecular weight is 204 g/mol. The van der Waals surface area contributed by atoms with Gasteiger partial charge in [0, 0.05) is 18.9 Å². The van der Waals surface area contributed by atoms with Gasteiger partial charge in [0.1, 0.15) is 0 Å². The molecule has 0 saturated heterocycles. The molecule has 0 aromatic carbocycles. The molecule has 78 valence electrons. The van der Waals surface area contributed by atoms with Gasteiger partial charge in [0.25, 0.3) is 0 Å². The molecule has 1 heterocycles. The van der Waals surface area contributed by atoms with Crippen LogP contribution in [0.15, 0.2) is 18.5 Å². The molecule has 1 N–H and O–H groups in total. The van der Waals surface area contributed by atoms with Gasteiger partial charge in [-0.05, 0) is 18.2 Å². The standard InChI is InChI=1S/C9H11F3N2/c1-2-13-5-7-6-14-4-3-8(7)9(10,11)12/h3-4,6,13H,2,5H2,1H3. The number of nitrogens with zero attached hydrogens (tertiary/aromatic N) is 1. The highest BCUT2D eigenvalue weighted by Crippen LogP contribution is 2.31. The van der Waals surface area contributed by atoms with Crippen LogP contribution in [0.5, 0.6) is 0 Å². The molecule has 0 aliphatic carbocycles. The summed E-state index contributed by atoms with van der Waals surface area (Å²) >= 11 is 0. The van der Waals surface area contributed by atoms with Crippen LogP contribution < -0.4 is 5.32 Å². The summed E-state index contributed by atoms with van der Waals surface area (Å²) in [5, 5.41) is 2.84. The van der Waals surface area contributed by atoms with Crippen molar-refractivity contribution < 1.29 is 13.2 Å². The lowest BCUT2D eigenvalue weighted by molar-refractivity contribution is -0.138. The van der Waals surface area contributed by atoms with Crippen LogP contribution in [0.4, 0.5) is 13.2 Å². The van der Waals surface area contributed by atoms with Crippen LogP contribution in [-0.4, -0.2) is 11.5 Å². The Morgan fingerprint density at radius 3 is 2.71 bits per heavy atom. The highest BCUT2D eigenvalue weighted by Gasteiger charge is 2.32. The third kappa shape index (κ3) is 2.70. The Kier molecular flexibility index (Phi) is 3.46. The number of hydrogen-bond donors (Lipinski definition) is 1. The van der Waals surface area contributed by atoms with E-state index in [4.69, 9.17) is 0 Å². The van der Waals surface area contributed by atoms with Crippen LogP contribution >= 0.6 is 0 Å². The minimum Gasteiger partial charge on any atom is -0.313 e. The number of halogens is 3. The van der Waals surface area contributed by atoms with Crippen LogP contribution in [0.25, 0.3) is 0 Å². The summed E-state index contributed by atoms with van der Waals surface area (Å²) in [6.45, 7) is 2.66. The predicted octanol–water partition coefficient (Wildman–Crippen LogP) is 2.21. The Bertz CT molecular complexity index is 296. The average Bonchev–Trinajstić information content (AvgIpc) is 2.14. The number of nitrogens with one attached hydrogen (secondary N) is 1. The topological polar surface area (TPSA) is 24.9 Å². The smallest absolute Gasteiger partial charge is 0.313 e. The number of aromatic nitrogens is 1. The Morgan fingerprint density at radius 1 is 1.43 bits per heavy atom. The van der Waals surface area contributed by atoms with E-state index in [0.29, 0.717) is 6.54 Å². The van der Waals surface area contributed by atoms with E-state index >= 15 is 0 Å². The van der Waals surface area contributed by atoms with E-state index in [9.17, 15) is 13.2 Å². The van der Waals surface area contributed by atoms with Crippen molar-refractivity contribution in [2.24, 2.45) is 0 Å². The number of hydrogen-bond acceptors (Lipinski definition) is 2. The zero-order valence-electron chi connectivity index (χ0n) is 7.73. The lowest BCUT2D eigenvalue weighted by Crippen LogP contribution is -2.17. The molecule has 0 saturated carbocycles. The molecule has 0 aliphatic heterocycles. The van der Waals surface area contributed by atoms with Gasteiger partial charge in [0.2, 0.25) is 0 Å². The molecule has 1 aromatic heterocycles. The minimum absolute atomic E-state index is 0.182. The molecule has 0 bridgehead atoms. The molecule has 0 spiro atoms. The van der Waals surface area contributed by atoms with E-state index in [1.165, 1.54) is 6.20 Å². The van der Waals surface area contributed by atoms with Gasteiger partial charge in [0.05, 0.1) is 5.56 Å². The largest absolute Gasteiger partial charge is 0.416 e. The molecule has 0 atom stereocenters. The second kappa shape index (κ2) is 4.41. The monoisotopic (exact) mass is 204 g/mol. The van der Waals surface area contributed by atoms with Crippen LogP contribution in [-0.2, 0) is 12.7 Å². The summed E-state index contributed by atoms with van der Waals surface area (Å²) < 4.78 is 37.3. The van der Waals surface area contributed by atoms with Crippen LogP contribution in [0.3, 0.4) is 0 Å². The number of alkyl halides is 3. The highest BCUT2D eigenvalue weighted by atomic mass is 19.4. The maximum atomic E-state index is 12.4. The van der Waals surface area contributed by atoms with Crippen molar-refractivity contribution in [3.8, 4) is 0 Å². The Morgan fingerprint density at radius 2 is 2.14 bits per heavy atom. The zero-order valence-corrected chi connectivity index (χ0v) is 7.73. The van der Waals surface area contributed by atoms with Gasteiger partial charge in [-0.3, -0.25) is 4.98 Å². The fourth-order valence-corrected chi connectivity index (χ4v) is 1.10. The Balaban J connectivity index is 2.92. The van der Waals surface area contributed by atoms with Crippen molar-refractivity contribution in [3.63, 3.8) is 0 Å². The van der Waals surface area contributed by atoms with E-state index < -0.39 is 11.7 Å². The van der Waals surface area contributed by atoms with Gasteiger partial charge in [-0.15, -0.1) is 0 Å². The maximum absolute atomic E-state index is 12.4. The number of pyridine rings is 1. The van der Waals surface area contributed by atoms with Crippen molar-refractivity contribution in [2.45, 2.75) is 19.6 Å². The minimum atomic E-state index is -4.30. The second-order valence-corrected chi connectivity index (χ2v) is 2.81. The maximum Gasteiger partial charge on any atom is 0.416 e. The quantitative estimate of drug-likeness (QED) is 0.816. The van der Waals surface area contributed by atoms with Crippen molar-refractivity contribution in [1.29, 1.82) is 0 Å². The molecular weight excluding hydrogens is 193 g/mol. The second-order valence-electron chi connectivity index (χ2n) is 2.81. The van der Waals surface area contributed by atoms with Gasteiger partial charge in [-0.25, -0.2) is 0 Å². The fraction of sp³-hybridized carbons (Fsp3) is 0.444. The summed E-state index contributed by atoms with van der Waals surface area (Å²) in [6.07, 6.45) is -1.91. The van der Waals surface area contributed by atoms with E-state index in [1.54, 1.807) is 0 Å². The van der Waals surface area contributed by atoms with Crippen molar-refractivity contribution >= 4 is 0 Å². The lowest BCUT2D eigenvalue weighted by atomic mass is 10.1. The summed E-state index contributed by atoms with van der Waals surface area (Å²) in [5.41, 5.74) is -0.435. The van der Waals surface area contributed by atoms with E-state index in [2.05, 4.69) is 10.3 Å². The zero-order chi connectivity index (χ0) is 10.6. The van der Waals surface area contributed by atoms with E-state index in [-0.39, 0.29) is 12.1 Å². The molecule has 1 aromatic rings. The van der Waals surface area contributed by atoms with Crippen LogP contribution in [0.1, 0.15) is 18.1 Å². The third-order valence-corrected chi connectivity index (χ3v) is 1.77. The molecule has 0 radical (unpaired) electrons. The summed E-state index contributed by atoms with van der Waals surface area (Å²) in [7, 11) is 0. The molecule has 0 aliphatic rings. The highest BCUT2D eigenvalue weighted by molar-refractivity contribution is 5.25.